The molecule has 0 fully saturated rings. The minimum Gasteiger partial charge on any atom is -0.367 e. The summed E-state index contributed by atoms with van der Waals surface area (Å²) in [4.78, 5) is 0. The van der Waals surface area contributed by atoms with E-state index in [9.17, 15) is 0 Å². The molecule has 0 spiro atoms. The summed E-state index contributed by atoms with van der Waals surface area (Å²) >= 11 is 0. The maximum Gasteiger partial charge on any atom is 0.280 e. The zero-order valence-corrected chi connectivity index (χ0v) is 12.5. The SMILES string of the molecule is Cn1cc[n+](C)c1/C=C/c1ccc(/C=N/N=C(\N)NO)cc1. The van der Waals surface area contributed by atoms with Crippen molar-refractivity contribution in [3.05, 3.63) is 53.6 Å². The third kappa shape index (κ3) is 4.03. The first-order valence-electron chi connectivity index (χ1n) is 6.66. The van der Waals surface area contributed by atoms with Gasteiger partial charge in [0.2, 0.25) is 5.96 Å². The highest BCUT2D eigenvalue weighted by molar-refractivity contribution is 5.82. The predicted octanol–water partition coefficient (Wildman–Crippen LogP) is 0.647. The van der Waals surface area contributed by atoms with Gasteiger partial charge in [-0.05, 0) is 17.2 Å². The number of aromatic nitrogens is 2. The molecule has 0 unspecified atom stereocenters. The minimum atomic E-state index is -0.161. The lowest BCUT2D eigenvalue weighted by atomic mass is 10.1. The Bertz CT molecular complexity index is 693. The Morgan fingerprint density at radius 3 is 2.55 bits per heavy atom. The molecule has 0 radical (unpaired) electrons. The van der Waals surface area contributed by atoms with Crippen molar-refractivity contribution in [1.82, 2.24) is 10.0 Å². The number of rotatable bonds is 4. The fraction of sp³-hybridized carbons (Fsp3) is 0.133. The fourth-order valence-corrected chi connectivity index (χ4v) is 1.88. The second-order valence-electron chi connectivity index (χ2n) is 4.72. The van der Waals surface area contributed by atoms with Crippen LogP contribution in [-0.4, -0.2) is 21.9 Å². The zero-order chi connectivity index (χ0) is 15.9. The topological polar surface area (TPSA) is 91.8 Å². The van der Waals surface area contributed by atoms with Gasteiger partial charge < -0.3 is 5.73 Å². The lowest BCUT2D eigenvalue weighted by Crippen LogP contribution is -2.29. The number of hydrogen-bond acceptors (Lipinski definition) is 3. The molecule has 0 aliphatic heterocycles. The molecular weight excluding hydrogens is 280 g/mol. The second-order valence-corrected chi connectivity index (χ2v) is 4.72. The Balaban J connectivity index is 2.06. The third-order valence-electron chi connectivity index (χ3n) is 3.08. The van der Waals surface area contributed by atoms with Crippen LogP contribution in [0.25, 0.3) is 12.2 Å². The van der Waals surface area contributed by atoms with Gasteiger partial charge in [-0.25, -0.2) is 14.6 Å². The van der Waals surface area contributed by atoms with E-state index >= 15 is 0 Å². The molecule has 0 aliphatic carbocycles. The number of nitrogens with one attached hydrogen (secondary N) is 1. The van der Waals surface area contributed by atoms with Gasteiger partial charge in [0.15, 0.2) is 0 Å². The van der Waals surface area contributed by atoms with Crippen molar-refractivity contribution in [2.75, 3.05) is 0 Å². The van der Waals surface area contributed by atoms with Crippen molar-refractivity contribution in [1.29, 1.82) is 0 Å². The smallest absolute Gasteiger partial charge is 0.280 e. The average molecular weight is 299 g/mol. The zero-order valence-electron chi connectivity index (χ0n) is 12.5. The van der Waals surface area contributed by atoms with Gasteiger partial charge in [-0.1, -0.05) is 24.3 Å². The first kappa shape index (κ1) is 15.5. The Kier molecular flexibility index (Phi) is 5.05. The van der Waals surface area contributed by atoms with Gasteiger partial charge in [0.25, 0.3) is 5.82 Å². The van der Waals surface area contributed by atoms with Gasteiger partial charge in [-0.2, -0.15) is 5.10 Å². The van der Waals surface area contributed by atoms with Crippen molar-refractivity contribution >= 4 is 24.3 Å². The summed E-state index contributed by atoms with van der Waals surface area (Å²) in [7, 11) is 4.01. The van der Waals surface area contributed by atoms with Crippen LogP contribution in [0.3, 0.4) is 0 Å². The van der Waals surface area contributed by atoms with Crippen LogP contribution in [0, 0.1) is 0 Å². The van der Waals surface area contributed by atoms with Gasteiger partial charge in [-0.3, -0.25) is 5.21 Å². The molecule has 0 bridgehead atoms. The fourth-order valence-electron chi connectivity index (χ4n) is 1.88. The third-order valence-corrected chi connectivity index (χ3v) is 3.08. The molecule has 4 N–H and O–H groups in total. The highest BCUT2D eigenvalue weighted by Gasteiger charge is 2.05. The molecule has 22 heavy (non-hydrogen) atoms. The summed E-state index contributed by atoms with van der Waals surface area (Å²) in [5, 5.41) is 15.7. The van der Waals surface area contributed by atoms with E-state index in [0.717, 1.165) is 17.0 Å². The standard InChI is InChI=1S/C15H18N6O/c1-20-9-10-21(2)14(20)8-7-12-3-5-13(6-4-12)11-17-18-15(16)19-22/h3-11H,1-2H3,(H3,16,17,18,19,22)/p+1. The van der Waals surface area contributed by atoms with Gasteiger partial charge in [0.05, 0.1) is 20.3 Å². The van der Waals surface area contributed by atoms with Crippen LogP contribution in [0.2, 0.25) is 0 Å². The largest absolute Gasteiger partial charge is 0.367 e. The molecule has 2 aromatic rings. The number of hydrogen-bond donors (Lipinski definition) is 3. The quantitative estimate of drug-likeness (QED) is 0.335. The average Bonchev–Trinajstić information content (AvgIpc) is 2.85. The molecule has 1 aromatic carbocycles. The van der Waals surface area contributed by atoms with Crippen LogP contribution in [0.4, 0.5) is 0 Å². The molecule has 1 aromatic heterocycles. The van der Waals surface area contributed by atoms with Crippen molar-refractivity contribution in [2.45, 2.75) is 0 Å². The van der Waals surface area contributed by atoms with Crippen molar-refractivity contribution in [2.24, 2.45) is 30.0 Å². The molecule has 0 aliphatic rings. The molecule has 114 valence electrons. The summed E-state index contributed by atoms with van der Waals surface area (Å²) in [6.07, 6.45) is 9.66. The Hall–Kier alpha value is -2.93. The van der Waals surface area contributed by atoms with E-state index in [1.807, 2.05) is 56.8 Å². The Labute approximate surface area is 128 Å². The number of aryl methyl sites for hydroxylation is 2. The molecule has 0 saturated heterocycles. The summed E-state index contributed by atoms with van der Waals surface area (Å²) in [6.45, 7) is 0. The maximum absolute atomic E-state index is 8.45. The number of imidazole rings is 1. The van der Waals surface area contributed by atoms with Gasteiger partial charge >= 0.3 is 0 Å². The van der Waals surface area contributed by atoms with Crippen molar-refractivity contribution < 1.29 is 9.77 Å². The highest BCUT2D eigenvalue weighted by Crippen LogP contribution is 2.07. The van der Waals surface area contributed by atoms with Gasteiger partial charge in [-0.15, -0.1) is 5.10 Å². The van der Waals surface area contributed by atoms with Crippen molar-refractivity contribution in [3.63, 3.8) is 0 Å². The number of benzene rings is 1. The first-order chi connectivity index (χ1) is 10.6. The van der Waals surface area contributed by atoms with E-state index in [-0.39, 0.29) is 5.96 Å². The Morgan fingerprint density at radius 1 is 1.27 bits per heavy atom. The maximum atomic E-state index is 8.45. The van der Waals surface area contributed by atoms with E-state index in [4.69, 9.17) is 10.9 Å². The second kappa shape index (κ2) is 7.19. The van der Waals surface area contributed by atoms with Crippen LogP contribution in [0.15, 0.2) is 46.9 Å². The van der Waals surface area contributed by atoms with Crippen molar-refractivity contribution in [3.8, 4) is 0 Å². The lowest BCUT2D eigenvalue weighted by Gasteiger charge is -1.96. The lowest BCUT2D eigenvalue weighted by molar-refractivity contribution is -0.672. The normalized spacial score (nSPS) is 12.4. The summed E-state index contributed by atoms with van der Waals surface area (Å²) in [5.41, 5.74) is 8.90. The van der Waals surface area contributed by atoms with Crippen LogP contribution in [0.5, 0.6) is 0 Å². The first-order valence-corrected chi connectivity index (χ1v) is 6.66. The van der Waals surface area contributed by atoms with Crippen LogP contribution >= 0.6 is 0 Å². The molecular formula is C15H19N6O+. The summed E-state index contributed by atoms with van der Waals surface area (Å²) < 4.78 is 4.10. The minimum absolute atomic E-state index is 0.161. The summed E-state index contributed by atoms with van der Waals surface area (Å²) in [6, 6.07) is 7.81. The number of nitrogens with zero attached hydrogens (tertiary/aromatic N) is 4. The molecule has 0 saturated carbocycles. The van der Waals surface area contributed by atoms with E-state index in [0.29, 0.717) is 0 Å². The van der Waals surface area contributed by atoms with Gasteiger partial charge in [0.1, 0.15) is 12.4 Å². The number of guanidine groups is 1. The van der Waals surface area contributed by atoms with E-state index in [1.165, 1.54) is 0 Å². The molecule has 0 atom stereocenters. The van der Waals surface area contributed by atoms with Crippen LogP contribution < -0.4 is 15.8 Å². The highest BCUT2D eigenvalue weighted by atomic mass is 16.5. The van der Waals surface area contributed by atoms with Gasteiger partial charge in [0, 0.05) is 6.08 Å². The molecule has 1 heterocycles. The molecule has 2 rings (SSSR count). The number of nitrogens with two attached hydrogens (primary N) is 1. The Morgan fingerprint density at radius 2 is 1.95 bits per heavy atom. The summed E-state index contributed by atoms with van der Waals surface area (Å²) in [5.74, 6) is 0.943. The molecule has 7 nitrogen and oxygen atoms in total. The van der Waals surface area contributed by atoms with E-state index in [1.54, 1.807) is 11.7 Å². The van der Waals surface area contributed by atoms with E-state index in [2.05, 4.69) is 25.4 Å². The van der Waals surface area contributed by atoms with Crippen LogP contribution in [0.1, 0.15) is 17.0 Å². The predicted molar refractivity (Wildman–Crippen MR) is 86.1 cm³/mol. The van der Waals surface area contributed by atoms with E-state index < -0.39 is 0 Å². The number of hydroxylamine groups is 1. The monoisotopic (exact) mass is 299 g/mol. The molecule has 0 amide bonds. The molecule has 7 heteroatoms. The van der Waals surface area contributed by atoms with Crippen LogP contribution in [-0.2, 0) is 14.1 Å².